The molecule has 0 saturated carbocycles. The summed E-state index contributed by atoms with van der Waals surface area (Å²) in [5.74, 6) is 0.480. The largest absolute Gasteiger partial charge is 0.493 e. The van der Waals surface area contributed by atoms with Crippen molar-refractivity contribution in [2.75, 3.05) is 0 Å². The average Bonchev–Trinajstić information content (AvgIpc) is 3.46. The van der Waals surface area contributed by atoms with Crippen LogP contribution in [0.1, 0.15) is 73.6 Å². The number of hydrogen-bond donors (Lipinski definition) is 1. The number of aryl methyl sites for hydroxylation is 2. The second kappa shape index (κ2) is 10.7. The molecule has 0 radical (unpaired) electrons. The lowest BCUT2D eigenvalue weighted by Crippen LogP contribution is -2.31. The fourth-order valence-corrected chi connectivity index (χ4v) is 4.66. The number of rotatable bonds is 10. The molecule has 9 heteroatoms. The lowest BCUT2D eigenvalue weighted by Gasteiger charge is -2.23. The van der Waals surface area contributed by atoms with Crippen molar-refractivity contribution in [2.24, 2.45) is 0 Å². The van der Waals surface area contributed by atoms with Crippen LogP contribution in [0.3, 0.4) is 0 Å². The minimum Gasteiger partial charge on any atom is -0.493 e. The number of unbranched alkanes of at least 4 members (excludes halogenated alkanes) is 1. The summed E-state index contributed by atoms with van der Waals surface area (Å²) < 4.78 is 7.50. The van der Waals surface area contributed by atoms with Crippen molar-refractivity contribution in [3.05, 3.63) is 74.0 Å². The third-order valence-corrected chi connectivity index (χ3v) is 6.48. The number of thiazole rings is 1. The molecular formula is C25H29N5O3S. The molecule has 0 aliphatic heterocycles. The Morgan fingerprint density at radius 2 is 1.91 bits per heavy atom. The van der Waals surface area contributed by atoms with E-state index >= 15 is 0 Å². The van der Waals surface area contributed by atoms with E-state index < -0.39 is 0 Å². The zero-order valence-corrected chi connectivity index (χ0v) is 20.5. The van der Waals surface area contributed by atoms with Gasteiger partial charge in [-0.3, -0.25) is 9.36 Å². The van der Waals surface area contributed by atoms with Crippen LogP contribution in [0.5, 0.6) is 5.88 Å². The molecule has 8 nitrogen and oxygen atoms in total. The minimum absolute atomic E-state index is 0.0314. The van der Waals surface area contributed by atoms with E-state index in [0.29, 0.717) is 24.6 Å². The average molecular weight is 480 g/mol. The van der Waals surface area contributed by atoms with Crippen molar-refractivity contribution in [2.45, 2.75) is 65.3 Å². The van der Waals surface area contributed by atoms with Crippen molar-refractivity contribution in [1.29, 1.82) is 0 Å². The highest BCUT2D eigenvalue weighted by molar-refractivity contribution is 7.09. The Morgan fingerprint density at radius 3 is 2.59 bits per heavy atom. The third kappa shape index (κ3) is 5.09. The van der Waals surface area contributed by atoms with Crippen LogP contribution in [0, 0.1) is 6.92 Å². The van der Waals surface area contributed by atoms with E-state index in [1.165, 1.54) is 0 Å². The van der Waals surface area contributed by atoms with Crippen LogP contribution in [0.4, 0.5) is 0 Å². The quantitative estimate of drug-likeness (QED) is 0.338. The standard InChI is InChI=1S/C25H29N5O3S/c1-4-6-13-20-27-23(31)22(24-29-28-21(33-24)14-18-15-34-16(3)26-18)25(32)30(20)19(10-5-2)17-11-8-7-9-12-17/h7-9,11-12,15,19,31H,4-6,10,13-14H2,1-3H3. The van der Waals surface area contributed by atoms with Crippen LogP contribution in [0.15, 0.2) is 44.9 Å². The van der Waals surface area contributed by atoms with E-state index in [0.717, 1.165) is 41.9 Å². The molecule has 3 heterocycles. The van der Waals surface area contributed by atoms with Crippen molar-refractivity contribution in [3.63, 3.8) is 0 Å². The summed E-state index contributed by atoms with van der Waals surface area (Å²) in [6.07, 6.45) is 4.39. The maximum Gasteiger partial charge on any atom is 0.270 e. The van der Waals surface area contributed by atoms with Crippen molar-refractivity contribution < 1.29 is 9.52 Å². The Labute approximate surface area is 202 Å². The molecule has 0 fully saturated rings. The first kappa shape index (κ1) is 23.8. The number of benzene rings is 1. The smallest absolute Gasteiger partial charge is 0.270 e. The fourth-order valence-electron chi connectivity index (χ4n) is 4.05. The molecule has 1 unspecified atom stereocenters. The van der Waals surface area contributed by atoms with Gasteiger partial charge in [-0.25, -0.2) is 4.98 Å². The molecule has 0 spiro atoms. The Hall–Kier alpha value is -3.33. The molecular weight excluding hydrogens is 450 g/mol. The first-order valence-corrected chi connectivity index (χ1v) is 12.5. The number of hydrogen-bond acceptors (Lipinski definition) is 8. The van der Waals surface area contributed by atoms with E-state index in [1.807, 2.05) is 42.6 Å². The molecule has 0 saturated heterocycles. The van der Waals surface area contributed by atoms with Gasteiger partial charge in [0.15, 0.2) is 5.56 Å². The van der Waals surface area contributed by atoms with Gasteiger partial charge < -0.3 is 9.52 Å². The molecule has 0 bridgehead atoms. The summed E-state index contributed by atoms with van der Waals surface area (Å²) in [7, 11) is 0. The lowest BCUT2D eigenvalue weighted by molar-refractivity contribution is 0.422. The van der Waals surface area contributed by atoms with Gasteiger partial charge in [-0.1, -0.05) is 57.0 Å². The fraction of sp³-hybridized carbons (Fsp3) is 0.400. The monoisotopic (exact) mass is 479 g/mol. The number of nitrogens with zero attached hydrogens (tertiary/aromatic N) is 5. The van der Waals surface area contributed by atoms with Gasteiger partial charge in [0.2, 0.25) is 11.8 Å². The molecule has 178 valence electrons. The Kier molecular flexibility index (Phi) is 7.52. The highest BCUT2D eigenvalue weighted by Gasteiger charge is 2.27. The van der Waals surface area contributed by atoms with Gasteiger partial charge in [0.05, 0.1) is 23.2 Å². The summed E-state index contributed by atoms with van der Waals surface area (Å²) in [5.41, 5.74) is 1.40. The SMILES string of the molecule is CCCCc1nc(O)c(-c2nnc(Cc3csc(C)n3)o2)c(=O)n1C(CCC)c1ccccc1. The van der Waals surface area contributed by atoms with Crippen LogP contribution < -0.4 is 5.56 Å². The first-order chi connectivity index (χ1) is 16.5. The van der Waals surface area contributed by atoms with Crippen LogP contribution in [-0.2, 0) is 12.8 Å². The number of aromatic hydroxyl groups is 1. The molecule has 1 N–H and O–H groups in total. The predicted octanol–water partition coefficient (Wildman–Crippen LogP) is 5.09. The highest BCUT2D eigenvalue weighted by atomic mass is 32.1. The summed E-state index contributed by atoms with van der Waals surface area (Å²) in [6.45, 7) is 6.10. The molecule has 4 aromatic rings. The maximum atomic E-state index is 13.9. The summed E-state index contributed by atoms with van der Waals surface area (Å²) in [4.78, 5) is 22.7. The maximum absolute atomic E-state index is 13.9. The Bertz CT molecular complexity index is 1300. The highest BCUT2D eigenvalue weighted by Crippen LogP contribution is 2.29. The van der Waals surface area contributed by atoms with Crippen molar-refractivity contribution in [1.82, 2.24) is 24.7 Å². The minimum atomic E-state index is -0.379. The third-order valence-electron chi connectivity index (χ3n) is 5.66. The Morgan fingerprint density at radius 1 is 1.12 bits per heavy atom. The molecule has 0 aliphatic rings. The van der Waals surface area contributed by atoms with E-state index in [4.69, 9.17) is 4.42 Å². The normalized spacial score (nSPS) is 12.2. The van der Waals surface area contributed by atoms with Gasteiger partial charge in [-0.2, -0.15) is 4.98 Å². The molecule has 0 aliphatic carbocycles. The Balaban J connectivity index is 1.81. The predicted molar refractivity (Wildman–Crippen MR) is 131 cm³/mol. The second-order valence-corrected chi connectivity index (χ2v) is 9.32. The molecule has 4 rings (SSSR count). The van der Waals surface area contributed by atoms with Crippen molar-refractivity contribution >= 4 is 11.3 Å². The summed E-state index contributed by atoms with van der Waals surface area (Å²) >= 11 is 1.54. The first-order valence-electron chi connectivity index (χ1n) is 11.6. The van der Waals surface area contributed by atoms with Gasteiger partial charge >= 0.3 is 0 Å². The molecule has 34 heavy (non-hydrogen) atoms. The van der Waals surface area contributed by atoms with E-state index in [9.17, 15) is 9.90 Å². The summed E-state index contributed by atoms with van der Waals surface area (Å²) in [5, 5.41) is 21.8. The van der Waals surface area contributed by atoms with Crippen LogP contribution >= 0.6 is 11.3 Å². The van der Waals surface area contributed by atoms with Gasteiger partial charge in [-0.05, 0) is 25.3 Å². The van der Waals surface area contributed by atoms with Gasteiger partial charge in [0, 0.05) is 11.8 Å². The van der Waals surface area contributed by atoms with E-state index in [1.54, 1.807) is 15.9 Å². The second-order valence-electron chi connectivity index (χ2n) is 8.26. The van der Waals surface area contributed by atoms with Crippen LogP contribution in [0.25, 0.3) is 11.5 Å². The van der Waals surface area contributed by atoms with E-state index in [-0.39, 0.29) is 28.9 Å². The van der Waals surface area contributed by atoms with Crippen LogP contribution in [-0.4, -0.2) is 29.8 Å². The van der Waals surface area contributed by atoms with Crippen LogP contribution in [0.2, 0.25) is 0 Å². The topological polar surface area (TPSA) is 107 Å². The van der Waals surface area contributed by atoms with Gasteiger partial charge in [-0.15, -0.1) is 21.5 Å². The lowest BCUT2D eigenvalue weighted by atomic mass is 10.0. The molecule has 1 atom stereocenters. The van der Waals surface area contributed by atoms with E-state index in [2.05, 4.69) is 34.0 Å². The molecule has 3 aromatic heterocycles. The van der Waals surface area contributed by atoms with Gasteiger partial charge in [0.25, 0.3) is 11.4 Å². The summed E-state index contributed by atoms with van der Waals surface area (Å²) in [6, 6.07) is 9.71. The zero-order chi connectivity index (χ0) is 24.1. The number of aromatic nitrogens is 5. The van der Waals surface area contributed by atoms with Crippen molar-refractivity contribution in [3.8, 4) is 17.3 Å². The molecule has 0 amide bonds. The molecule has 1 aromatic carbocycles. The zero-order valence-electron chi connectivity index (χ0n) is 19.7. The van der Waals surface area contributed by atoms with Gasteiger partial charge in [0.1, 0.15) is 5.82 Å².